The molecule has 0 aliphatic carbocycles. The summed E-state index contributed by atoms with van der Waals surface area (Å²) in [7, 11) is -3.31. The van der Waals surface area contributed by atoms with Crippen LogP contribution in [-0.4, -0.2) is 12.2 Å². The minimum absolute atomic E-state index is 0.174. The van der Waals surface area contributed by atoms with Crippen LogP contribution in [0.5, 0.6) is 0 Å². The molecule has 0 fully saturated rings. The Morgan fingerprint density at radius 2 is 1.61 bits per heavy atom. The van der Waals surface area contributed by atoms with Crippen LogP contribution < -0.4 is 5.30 Å². The zero-order valence-corrected chi connectivity index (χ0v) is 12.3. The van der Waals surface area contributed by atoms with Gasteiger partial charge in [0.25, 0.3) is 0 Å². The molecule has 0 radical (unpaired) electrons. The predicted octanol–water partition coefficient (Wildman–Crippen LogP) is 4.00. The number of hydrogen-bond donors (Lipinski definition) is 0. The molecule has 1 aromatic rings. The summed E-state index contributed by atoms with van der Waals surface area (Å²) in [6, 6.07) is 7.31. The Morgan fingerprint density at radius 3 is 2.06 bits per heavy atom. The normalized spacial score (nSPS) is 12.1. The number of hydrogen-bond acceptors (Lipinski definition) is 3. The molecular weight excluding hydrogens is 247 g/mol. The summed E-state index contributed by atoms with van der Waals surface area (Å²) in [5.74, 6) is 0. The smallest absolute Gasteiger partial charge is 0.302 e. The van der Waals surface area contributed by atoms with Gasteiger partial charge >= 0.3 is 7.60 Å². The molecule has 0 amide bonds. The van der Waals surface area contributed by atoms with Crippen LogP contribution in [0.4, 0.5) is 0 Å². The van der Waals surface area contributed by atoms with E-state index in [9.17, 15) is 4.57 Å². The van der Waals surface area contributed by atoms with Crippen LogP contribution in [0, 0.1) is 0 Å². The molecule has 4 heteroatoms. The Balaban J connectivity index is 3.25. The lowest BCUT2D eigenvalue weighted by Crippen LogP contribution is -2.18. The van der Waals surface area contributed by atoms with Crippen molar-refractivity contribution >= 4 is 19.0 Å². The van der Waals surface area contributed by atoms with Crippen molar-refractivity contribution in [3.63, 3.8) is 0 Å². The van der Waals surface area contributed by atoms with Gasteiger partial charge < -0.3 is 9.05 Å². The third kappa shape index (κ3) is 3.81. The molecule has 0 N–H and O–H groups in total. The van der Waals surface area contributed by atoms with Crippen LogP contribution in [0.15, 0.2) is 30.8 Å². The Labute approximate surface area is 109 Å². The first-order valence-electron chi connectivity index (χ1n) is 6.08. The summed E-state index contributed by atoms with van der Waals surface area (Å²) >= 11 is 0. The van der Waals surface area contributed by atoms with Crippen molar-refractivity contribution in [2.75, 3.05) is 0 Å². The summed E-state index contributed by atoms with van der Waals surface area (Å²) in [6.45, 7) is 11.1. The Bertz CT molecular complexity index is 438. The van der Waals surface area contributed by atoms with Crippen LogP contribution in [0.2, 0.25) is 0 Å². The second-order valence-electron chi connectivity index (χ2n) is 4.57. The van der Waals surface area contributed by atoms with Gasteiger partial charge in [0.15, 0.2) is 0 Å². The fourth-order valence-corrected chi connectivity index (χ4v) is 3.74. The van der Waals surface area contributed by atoms with Crippen molar-refractivity contribution < 1.29 is 13.6 Å². The summed E-state index contributed by atoms with van der Waals surface area (Å²) in [4.78, 5) is 0. The van der Waals surface area contributed by atoms with Gasteiger partial charge in [-0.15, -0.1) is 0 Å². The van der Waals surface area contributed by atoms with E-state index in [2.05, 4.69) is 6.58 Å². The second-order valence-corrected chi connectivity index (χ2v) is 6.47. The molecule has 3 nitrogen and oxygen atoms in total. The molecule has 0 unspecified atom stereocenters. The highest BCUT2D eigenvalue weighted by molar-refractivity contribution is 7.62. The lowest BCUT2D eigenvalue weighted by molar-refractivity contribution is 0.150. The first kappa shape index (κ1) is 15.2. The highest BCUT2D eigenvalue weighted by Gasteiger charge is 2.31. The van der Waals surface area contributed by atoms with Crippen LogP contribution in [-0.2, 0) is 13.6 Å². The minimum atomic E-state index is -3.31. The third-order valence-electron chi connectivity index (χ3n) is 2.15. The maximum Gasteiger partial charge on any atom is 0.362 e. The van der Waals surface area contributed by atoms with Crippen LogP contribution in [0.25, 0.3) is 6.08 Å². The Kier molecular flexibility index (Phi) is 5.33. The van der Waals surface area contributed by atoms with E-state index in [4.69, 9.17) is 9.05 Å². The van der Waals surface area contributed by atoms with Crippen LogP contribution in [0.3, 0.4) is 0 Å². The molecule has 1 rings (SSSR count). The molecule has 1 aromatic carbocycles. The second kappa shape index (κ2) is 6.33. The van der Waals surface area contributed by atoms with Gasteiger partial charge in [-0.05, 0) is 39.3 Å². The maximum atomic E-state index is 12.9. The first-order valence-corrected chi connectivity index (χ1v) is 7.62. The molecule has 0 bridgehead atoms. The standard InChI is InChI=1S/C14H21O3P/c1-6-13-9-7-8-10-14(13)18(15,16-11(2)3)17-12(4)5/h6-12H,1H2,2-5H3. The van der Waals surface area contributed by atoms with Gasteiger partial charge in [-0.3, -0.25) is 4.57 Å². The van der Waals surface area contributed by atoms with E-state index in [0.717, 1.165) is 5.56 Å². The Morgan fingerprint density at radius 1 is 1.11 bits per heavy atom. The Hall–Kier alpha value is -0.890. The van der Waals surface area contributed by atoms with Crippen molar-refractivity contribution in [1.29, 1.82) is 0 Å². The molecule has 0 heterocycles. The summed E-state index contributed by atoms with van der Waals surface area (Å²) in [5, 5.41) is 0.572. The summed E-state index contributed by atoms with van der Waals surface area (Å²) in [5.41, 5.74) is 0.780. The molecular formula is C14H21O3P. The van der Waals surface area contributed by atoms with Crippen LogP contribution >= 0.6 is 7.60 Å². The zero-order chi connectivity index (χ0) is 13.8. The molecule has 0 saturated heterocycles. The zero-order valence-electron chi connectivity index (χ0n) is 11.4. The third-order valence-corrected chi connectivity index (χ3v) is 4.55. The fraction of sp³-hybridized carbons (Fsp3) is 0.429. The fourth-order valence-electron chi connectivity index (χ4n) is 1.60. The van der Waals surface area contributed by atoms with Gasteiger partial charge in [0.05, 0.1) is 17.5 Å². The van der Waals surface area contributed by atoms with Gasteiger partial charge in [-0.1, -0.05) is 30.9 Å². The molecule has 0 spiro atoms. The summed E-state index contributed by atoms with van der Waals surface area (Å²) in [6.07, 6.45) is 1.31. The monoisotopic (exact) mass is 268 g/mol. The van der Waals surface area contributed by atoms with Crippen molar-refractivity contribution in [2.45, 2.75) is 39.9 Å². The van der Waals surface area contributed by atoms with Crippen molar-refractivity contribution in [2.24, 2.45) is 0 Å². The number of rotatable bonds is 6. The maximum absolute atomic E-state index is 12.9. The van der Waals surface area contributed by atoms with E-state index in [1.807, 2.05) is 45.9 Å². The average molecular weight is 268 g/mol. The molecule has 18 heavy (non-hydrogen) atoms. The van der Waals surface area contributed by atoms with Gasteiger partial charge in [-0.25, -0.2) is 0 Å². The quantitative estimate of drug-likeness (QED) is 0.731. The molecule has 0 aliphatic rings. The highest BCUT2D eigenvalue weighted by atomic mass is 31.2. The first-order chi connectivity index (χ1) is 8.39. The van der Waals surface area contributed by atoms with Crippen molar-refractivity contribution in [1.82, 2.24) is 0 Å². The number of benzene rings is 1. The van der Waals surface area contributed by atoms with Gasteiger partial charge in [0.2, 0.25) is 0 Å². The van der Waals surface area contributed by atoms with Crippen molar-refractivity contribution in [3.8, 4) is 0 Å². The van der Waals surface area contributed by atoms with Crippen LogP contribution in [0.1, 0.15) is 33.3 Å². The molecule has 0 atom stereocenters. The van der Waals surface area contributed by atoms with Gasteiger partial charge in [0.1, 0.15) is 0 Å². The van der Waals surface area contributed by atoms with E-state index in [-0.39, 0.29) is 12.2 Å². The minimum Gasteiger partial charge on any atom is -0.302 e. The van der Waals surface area contributed by atoms with Gasteiger partial charge in [0, 0.05) is 0 Å². The SMILES string of the molecule is C=Cc1ccccc1P(=O)(OC(C)C)OC(C)C. The van der Waals surface area contributed by atoms with E-state index in [1.165, 1.54) is 0 Å². The molecule has 100 valence electrons. The largest absolute Gasteiger partial charge is 0.362 e. The van der Waals surface area contributed by atoms with E-state index >= 15 is 0 Å². The summed E-state index contributed by atoms with van der Waals surface area (Å²) < 4.78 is 24.0. The molecule has 0 aliphatic heterocycles. The lowest BCUT2D eigenvalue weighted by Gasteiger charge is -2.24. The average Bonchev–Trinajstić information content (AvgIpc) is 2.26. The molecule has 0 saturated carbocycles. The van der Waals surface area contributed by atoms with Crippen molar-refractivity contribution in [3.05, 3.63) is 36.4 Å². The van der Waals surface area contributed by atoms with Gasteiger partial charge in [-0.2, -0.15) is 0 Å². The molecule has 0 aromatic heterocycles. The van der Waals surface area contributed by atoms with E-state index in [1.54, 1.807) is 12.1 Å². The predicted molar refractivity (Wildman–Crippen MR) is 76.2 cm³/mol. The highest BCUT2D eigenvalue weighted by Crippen LogP contribution is 2.50. The van der Waals surface area contributed by atoms with E-state index in [0.29, 0.717) is 5.30 Å². The van der Waals surface area contributed by atoms with E-state index < -0.39 is 7.60 Å². The topological polar surface area (TPSA) is 35.5 Å². The lowest BCUT2D eigenvalue weighted by atomic mass is 10.2.